The summed E-state index contributed by atoms with van der Waals surface area (Å²) < 4.78 is 59.8. The largest absolute Gasteiger partial charge is 0.459 e. The minimum atomic E-state index is -2.52. The molecule has 0 radical (unpaired) electrons. The molecule has 0 unspecified atom stereocenters. The number of aliphatic hydroxyl groups is 3. The lowest BCUT2D eigenvalue weighted by Crippen LogP contribution is -2.61. The molecule has 6 aliphatic rings. The smallest absolute Gasteiger partial charge is 0.407 e. The third kappa shape index (κ3) is 26.6. The summed E-state index contributed by atoms with van der Waals surface area (Å²) >= 11 is 0. The third-order valence-electron chi connectivity index (χ3n) is 26.4. The predicted molar refractivity (Wildman–Crippen MR) is 501 cm³/mol. The van der Waals surface area contributed by atoms with E-state index in [1.807, 2.05) is 72.0 Å². The SMILES string of the molecule is CO[C@H]1C[C@@H]2CC[C@@H](C)[C@@](O)(O2)C(=O)C(=O)N2CCCC[C@H]2C(=O)O[C@H]([C@H](N)C[C@@H]2CC[C@@H](OC(=O)NCCOCCOCCOCCOCCC(=O)NCc3cnc(N4CCN(c5ncc(C(=O)N6CCc7cc(Cn8nc(-c9ccc%10oc(N)nc%10c9)c9c(N)ncnc98)ccc7C6)cn5)CC4)nc3)[C@H](OC)C2)CC(=O)[C@H](C)/C=C(\C)[C@@H](O)[C@@H](O)C(=O)[C@H](C)C[C@H](C)/C=C/C=CC=C1C. The zero-order valence-corrected chi connectivity index (χ0v) is 78.8. The summed E-state index contributed by atoms with van der Waals surface area (Å²) in [6.07, 6.45) is 15.4. The molecule has 0 spiro atoms. The Labute approximate surface area is 790 Å². The number of benzene rings is 2. The van der Waals surface area contributed by atoms with E-state index in [9.17, 15) is 53.7 Å². The van der Waals surface area contributed by atoms with Gasteiger partial charge >= 0.3 is 12.1 Å². The number of aliphatic hydroxyl groups excluding tert-OH is 2. The number of piperidine rings is 1. The van der Waals surface area contributed by atoms with Gasteiger partial charge in [-0.25, -0.2) is 44.2 Å². The summed E-state index contributed by atoms with van der Waals surface area (Å²) in [6.45, 7) is 16.6. The number of rotatable bonds is 29. The van der Waals surface area contributed by atoms with Crippen molar-refractivity contribution < 1.29 is 101 Å². The Morgan fingerprint density at radius 1 is 0.699 bits per heavy atom. The monoisotopic (exact) mass is 1880 g/mol. The number of methoxy groups -OCH3 is 2. The molecule has 1 aliphatic carbocycles. The van der Waals surface area contributed by atoms with Gasteiger partial charge in [0.2, 0.25) is 23.6 Å². The van der Waals surface area contributed by atoms with Crippen LogP contribution in [-0.4, -0.2) is 290 Å². The van der Waals surface area contributed by atoms with Crippen LogP contribution in [0.5, 0.6) is 0 Å². The second-order valence-electron chi connectivity index (χ2n) is 36.3. The molecular formula is C97H130N18O21. The summed E-state index contributed by atoms with van der Waals surface area (Å²) in [5.41, 5.74) is 27.8. The van der Waals surface area contributed by atoms with Crippen molar-refractivity contribution in [3.63, 3.8) is 0 Å². The normalized spacial score (nSPS) is 26.0. The van der Waals surface area contributed by atoms with Gasteiger partial charge in [0, 0.05) is 152 Å². The molecule has 11 N–H and O–H groups in total. The van der Waals surface area contributed by atoms with Crippen molar-refractivity contribution >= 4 is 93.0 Å². The van der Waals surface area contributed by atoms with Crippen molar-refractivity contribution in [2.75, 3.05) is 134 Å². The maximum atomic E-state index is 14.7. The fourth-order valence-corrected chi connectivity index (χ4v) is 18.4. The Balaban J connectivity index is 0.474. The number of cyclic esters (lactones) is 1. The van der Waals surface area contributed by atoms with Crippen LogP contribution in [0.1, 0.15) is 158 Å². The number of allylic oxidation sites excluding steroid dienone is 6. The molecule has 3 saturated heterocycles. The van der Waals surface area contributed by atoms with Gasteiger partial charge in [0.15, 0.2) is 17.0 Å². The summed E-state index contributed by atoms with van der Waals surface area (Å²) in [5.74, 6) is -8.29. The first kappa shape index (κ1) is 102. The van der Waals surface area contributed by atoms with Crippen LogP contribution in [0.4, 0.5) is 28.5 Å². The van der Waals surface area contributed by atoms with Gasteiger partial charge in [-0.1, -0.05) is 82.4 Å². The lowest BCUT2D eigenvalue weighted by Gasteiger charge is -2.42. The molecular weight excluding hydrogens is 1750 g/mol. The first-order valence-corrected chi connectivity index (χ1v) is 47.1. The van der Waals surface area contributed by atoms with E-state index in [1.165, 1.54) is 26.4 Å². The molecule has 7 aromatic rings. The third-order valence-corrected chi connectivity index (χ3v) is 26.4. The Kier molecular flexibility index (Phi) is 36.3. The van der Waals surface area contributed by atoms with E-state index in [1.54, 1.807) is 58.7 Å². The number of aromatic nitrogens is 9. The summed E-state index contributed by atoms with van der Waals surface area (Å²) in [5, 5.41) is 45.8. The van der Waals surface area contributed by atoms with Crippen molar-refractivity contribution in [2.45, 2.75) is 212 Å². The number of nitrogen functional groups attached to an aromatic ring is 2. The van der Waals surface area contributed by atoms with Gasteiger partial charge in [-0.3, -0.25) is 28.8 Å². The number of ether oxygens (including phenoxy) is 9. The number of carbonyl (C=O) groups is 8. The van der Waals surface area contributed by atoms with Crippen molar-refractivity contribution in [3.05, 3.63) is 143 Å². The average molecular weight is 1880 g/mol. The fourth-order valence-electron chi connectivity index (χ4n) is 18.4. The van der Waals surface area contributed by atoms with Crippen LogP contribution in [0, 0.1) is 29.6 Å². The van der Waals surface area contributed by atoms with Crippen LogP contribution in [0.3, 0.4) is 0 Å². The number of nitrogens with zero attached hydrogens (tertiary/aromatic N) is 13. The van der Waals surface area contributed by atoms with Crippen LogP contribution in [0.2, 0.25) is 0 Å². The number of anilines is 4. The first-order chi connectivity index (χ1) is 65.5. The fraction of sp³-hybridized carbons (Fsp3) is 0.567. The number of esters is 1. The molecule has 5 aliphatic heterocycles. The Morgan fingerprint density at radius 3 is 2.12 bits per heavy atom. The molecule has 39 nitrogen and oxygen atoms in total. The average Bonchev–Trinajstić information content (AvgIpc) is 1.59. The highest BCUT2D eigenvalue weighted by atomic mass is 16.6. The second-order valence-corrected chi connectivity index (χ2v) is 36.3. The van der Waals surface area contributed by atoms with Gasteiger partial charge in [-0.2, -0.15) is 10.1 Å². The van der Waals surface area contributed by atoms with Crippen LogP contribution >= 0.6 is 0 Å². The summed E-state index contributed by atoms with van der Waals surface area (Å²) in [4.78, 5) is 150. The van der Waals surface area contributed by atoms with E-state index >= 15 is 0 Å². The number of ketones is 3. The van der Waals surface area contributed by atoms with Gasteiger partial charge in [0.25, 0.3) is 23.6 Å². The number of alkyl carbamates (subject to hydrolysis) is 1. The Hall–Kier alpha value is -11.5. The molecule has 39 heteroatoms. The van der Waals surface area contributed by atoms with Crippen molar-refractivity contribution in [1.29, 1.82) is 0 Å². The highest BCUT2D eigenvalue weighted by Crippen LogP contribution is 2.40. The molecule has 136 heavy (non-hydrogen) atoms. The zero-order valence-electron chi connectivity index (χ0n) is 78.8. The number of amides is 4. The predicted octanol–water partition coefficient (Wildman–Crippen LogP) is 6.99. The summed E-state index contributed by atoms with van der Waals surface area (Å²) in [6, 6.07) is 9.59. The number of fused-ring (bicyclic) bond motifs is 6. The number of hydrogen-bond donors (Lipinski definition) is 8. The standard InChI is InChI=1S/C97H130N18O21/c1-58-14-10-9-11-15-59(2)78(127-7)48-71-22-17-63(6)97(126,136-71)87(121)91(123)114-28-13-12-16-74(114)92(124)133-79(49-75(116)60(3)43-62(5)85(119)86(120)84(118)61(4)42-58)72(98)45-64-19-23-77(80(46-64)128-8)135-96(125)101-27-35-130-37-39-132-41-40-131-38-36-129-34-26-81(117)102-50-66-51-103-94(104-52-66)111-30-32-112(33-31-111)95-105-53-70(54-106-95)90(122)113-29-25-67-44-65(18-20-69(67)56-113)55-115-89-82(88(99)107-57-108-89)83(110-115)68-21-24-76-73(47-68)109-93(100)134-76/h9-11,14-15,18,20-21,24,43-44,47,51-54,57-58,60-61,63-64,71-72,74,77-80,85-86,119-120,126H,12-13,16-17,19,22-23,25-42,45-46,48-50,55-56,98H2,1-8H3,(H2,100,109)(H,101,125)(H,102,117)(H2,99,107,108)/b11-9?,14-10+,59-15?,62-43+/t58-,60-,61-,63-,64+,71+,72-,74+,77-,78+,79+,80-,85-,86+,97-/m1/s1. The van der Waals surface area contributed by atoms with Gasteiger partial charge < -0.3 is 110 Å². The van der Waals surface area contributed by atoms with E-state index in [4.69, 9.17) is 69.3 Å². The molecule has 4 amide bonds. The number of nitrogens with two attached hydrogens (primary N) is 3. The van der Waals surface area contributed by atoms with E-state index in [2.05, 4.69) is 67.5 Å². The van der Waals surface area contributed by atoms with Gasteiger partial charge in [0.05, 0.1) is 88.7 Å². The number of hydrogen-bond acceptors (Lipinski definition) is 34. The number of carbonyl (C=O) groups excluding carboxylic acids is 8. The van der Waals surface area contributed by atoms with E-state index in [-0.39, 0.29) is 114 Å². The van der Waals surface area contributed by atoms with E-state index in [0.29, 0.717) is 175 Å². The van der Waals surface area contributed by atoms with Crippen molar-refractivity contribution in [3.8, 4) is 11.3 Å². The minimum Gasteiger partial charge on any atom is -0.459 e. The van der Waals surface area contributed by atoms with Crippen molar-refractivity contribution in [2.24, 2.45) is 35.3 Å². The maximum absolute atomic E-state index is 14.7. The highest BCUT2D eigenvalue weighted by molar-refractivity contribution is 6.39. The molecule has 2 bridgehead atoms. The minimum absolute atomic E-state index is 0.00812. The summed E-state index contributed by atoms with van der Waals surface area (Å²) in [7, 11) is 3.05. The van der Waals surface area contributed by atoms with Crippen molar-refractivity contribution in [1.82, 2.24) is 65.1 Å². The van der Waals surface area contributed by atoms with E-state index < -0.39 is 120 Å². The second kappa shape index (κ2) is 48.5. The van der Waals surface area contributed by atoms with Crippen LogP contribution in [0.25, 0.3) is 33.4 Å². The molecule has 15 atom stereocenters. The molecule has 10 heterocycles. The van der Waals surface area contributed by atoms with Crippen LogP contribution in [0.15, 0.2) is 120 Å². The molecule has 13 rings (SSSR count). The topological polar surface area (TPSA) is 517 Å². The molecule has 2 aromatic carbocycles. The quantitative estimate of drug-likeness (QED) is 0.0101. The number of piperazine rings is 1. The zero-order chi connectivity index (χ0) is 96.7. The molecule has 4 fully saturated rings. The van der Waals surface area contributed by atoms with Crippen LogP contribution < -0.4 is 37.6 Å². The van der Waals surface area contributed by atoms with Gasteiger partial charge in [-0.05, 0) is 142 Å². The highest BCUT2D eigenvalue weighted by Gasteiger charge is 2.53. The molecule has 734 valence electrons. The Morgan fingerprint density at radius 2 is 1.40 bits per heavy atom. The first-order valence-electron chi connectivity index (χ1n) is 47.1. The number of nitrogens with one attached hydrogen (secondary N) is 2. The lowest BCUT2D eigenvalue weighted by atomic mass is 9.80. The lowest BCUT2D eigenvalue weighted by molar-refractivity contribution is -0.265. The maximum Gasteiger partial charge on any atom is 0.407 e. The molecule has 5 aromatic heterocycles. The van der Waals surface area contributed by atoms with E-state index in [0.717, 1.165) is 38.3 Å². The van der Waals surface area contributed by atoms with Crippen LogP contribution in [-0.2, 0) is 97.5 Å². The number of oxazole rings is 1. The number of Topliss-reactive ketones (excluding diaryl/α,β-unsaturated/α-hetero) is 3. The molecule has 1 saturated carbocycles. The van der Waals surface area contributed by atoms with Gasteiger partial charge in [-0.15, -0.1) is 0 Å². The van der Waals surface area contributed by atoms with Gasteiger partial charge in [0.1, 0.15) is 59.6 Å². The Bertz CT molecular complexity index is 5390.